The minimum Gasteiger partial charge on any atom is -0.380 e. The third kappa shape index (κ3) is 3.34. The topological polar surface area (TPSA) is 42.0 Å². The van der Waals surface area contributed by atoms with Crippen LogP contribution in [0.2, 0.25) is 0 Å². The summed E-state index contributed by atoms with van der Waals surface area (Å²) in [5.74, 6) is 0.197. The molecule has 1 aromatic heterocycles. The monoisotopic (exact) mass is 358 g/mol. The minimum atomic E-state index is -0.0373. The SMILES string of the molecule is Cc1ccc(CNc2c3c(nc4ccccc24)CC(C)(C)CC3=O)c(C)c1. The third-order valence-corrected chi connectivity index (χ3v) is 5.49. The Labute approximate surface area is 160 Å². The van der Waals surface area contributed by atoms with Crippen molar-refractivity contribution in [1.82, 2.24) is 4.98 Å². The highest BCUT2D eigenvalue weighted by Gasteiger charge is 2.34. The van der Waals surface area contributed by atoms with E-state index in [1.165, 1.54) is 16.7 Å². The van der Waals surface area contributed by atoms with Gasteiger partial charge in [0.2, 0.25) is 0 Å². The number of ketones is 1. The van der Waals surface area contributed by atoms with Gasteiger partial charge in [0.1, 0.15) is 0 Å². The lowest BCUT2D eigenvalue weighted by atomic mass is 9.75. The van der Waals surface area contributed by atoms with Crippen LogP contribution in [0.5, 0.6) is 0 Å². The normalized spacial score (nSPS) is 15.6. The summed E-state index contributed by atoms with van der Waals surface area (Å²) in [6.07, 6.45) is 1.40. The number of benzene rings is 2. The summed E-state index contributed by atoms with van der Waals surface area (Å²) in [5.41, 5.74) is 7.35. The Morgan fingerprint density at radius 3 is 2.63 bits per heavy atom. The second-order valence-electron chi connectivity index (χ2n) is 8.55. The molecule has 3 aromatic rings. The van der Waals surface area contributed by atoms with Gasteiger partial charge in [0.15, 0.2) is 5.78 Å². The second kappa shape index (κ2) is 6.49. The second-order valence-corrected chi connectivity index (χ2v) is 8.55. The number of pyridine rings is 1. The zero-order chi connectivity index (χ0) is 19.2. The molecule has 3 nitrogen and oxygen atoms in total. The number of fused-ring (bicyclic) bond motifs is 2. The van der Waals surface area contributed by atoms with Crippen LogP contribution in [0.15, 0.2) is 42.5 Å². The number of anilines is 1. The van der Waals surface area contributed by atoms with Crippen LogP contribution in [0.25, 0.3) is 10.9 Å². The molecule has 3 heteroatoms. The molecule has 0 aliphatic heterocycles. The zero-order valence-corrected chi connectivity index (χ0v) is 16.5. The smallest absolute Gasteiger partial charge is 0.167 e. The number of aromatic nitrogens is 1. The molecule has 27 heavy (non-hydrogen) atoms. The first kappa shape index (κ1) is 17.7. The maximum absolute atomic E-state index is 13.0. The number of nitrogens with zero attached hydrogens (tertiary/aromatic N) is 1. The molecular formula is C24H26N2O. The molecule has 138 valence electrons. The van der Waals surface area contributed by atoms with Crippen LogP contribution >= 0.6 is 0 Å². The number of Topliss-reactive ketones (excluding diaryl/α,β-unsaturated/α-hetero) is 1. The molecule has 0 saturated carbocycles. The van der Waals surface area contributed by atoms with Gasteiger partial charge >= 0.3 is 0 Å². The van der Waals surface area contributed by atoms with E-state index < -0.39 is 0 Å². The van der Waals surface area contributed by atoms with Crippen LogP contribution in [-0.2, 0) is 13.0 Å². The molecule has 1 aliphatic carbocycles. The van der Waals surface area contributed by atoms with E-state index in [0.29, 0.717) is 13.0 Å². The molecule has 4 rings (SSSR count). The van der Waals surface area contributed by atoms with Crippen LogP contribution in [0.4, 0.5) is 5.69 Å². The Morgan fingerprint density at radius 2 is 1.85 bits per heavy atom. The quantitative estimate of drug-likeness (QED) is 0.661. The van der Waals surface area contributed by atoms with Gasteiger partial charge in [-0.3, -0.25) is 9.78 Å². The summed E-state index contributed by atoms with van der Waals surface area (Å²) < 4.78 is 0. The molecular weight excluding hydrogens is 332 g/mol. The molecule has 0 radical (unpaired) electrons. The van der Waals surface area contributed by atoms with Crippen LogP contribution in [-0.4, -0.2) is 10.8 Å². The van der Waals surface area contributed by atoms with Crippen molar-refractivity contribution in [2.45, 2.75) is 47.1 Å². The molecule has 0 fully saturated rings. The summed E-state index contributed by atoms with van der Waals surface area (Å²) in [5, 5.41) is 4.61. The number of carbonyl (C=O) groups excluding carboxylic acids is 1. The Bertz CT molecular complexity index is 1050. The largest absolute Gasteiger partial charge is 0.380 e. The fraction of sp³-hybridized carbons (Fsp3) is 0.333. The van der Waals surface area contributed by atoms with E-state index in [9.17, 15) is 4.79 Å². The van der Waals surface area contributed by atoms with Crippen molar-refractivity contribution in [1.29, 1.82) is 0 Å². The van der Waals surface area contributed by atoms with E-state index in [4.69, 9.17) is 4.98 Å². The highest BCUT2D eigenvalue weighted by atomic mass is 16.1. The van der Waals surface area contributed by atoms with Crippen molar-refractivity contribution in [3.8, 4) is 0 Å². The molecule has 0 amide bonds. The van der Waals surface area contributed by atoms with Gasteiger partial charge in [-0.1, -0.05) is 55.8 Å². The van der Waals surface area contributed by atoms with E-state index in [-0.39, 0.29) is 11.2 Å². The maximum Gasteiger partial charge on any atom is 0.167 e. The average molecular weight is 358 g/mol. The number of hydrogen-bond donors (Lipinski definition) is 1. The predicted molar refractivity (Wildman–Crippen MR) is 111 cm³/mol. The van der Waals surface area contributed by atoms with Crippen molar-refractivity contribution in [3.63, 3.8) is 0 Å². The lowest BCUT2D eigenvalue weighted by Gasteiger charge is -2.31. The van der Waals surface area contributed by atoms with Crippen LogP contribution in [0.3, 0.4) is 0 Å². The number of carbonyl (C=O) groups is 1. The average Bonchev–Trinajstić information content (AvgIpc) is 2.58. The van der Waals surface area contributed by atoms with Gasteiger partial charge in [0.05, 0.1) is 22.5 Å². The first-order valence-corrected chi connectivity index (χ1v) is 9.59. The summed E-state index contributed by atoms with van der Waals surface area (Å²) in [7, 11) is 0. The molecule has 0 saturated heterocycles. The van der Waals surface area contributed by atoms with Gasteiger partial charge < -0.3 is 5.32 Å². The fourth-order valence-corrected chi connectivity index (χ4v) is 4.14. The van der Waals surface area contributed by atoms with Gasteiger partial charge in [-0.05, 0) is 42.9 Å². The van der Waals surface area contributed by atoms with Gasteiger partial charge in [-0.15, -0.1) is 0 Å². The summed E-state index contributed by atoms with van der Waals surface area (Å²) in [6.45, 7) is 9.24. The van der Waals surface area contributed by atoms with E-state index in [2.05, 4.69) is 57.3 Å². The summed E-state index contributed by atoms with van der Waals surface area (Å²) in [4.78, 5) is 17.9. The molecule has 1 N–H and O–H groups in total. The van der Waals surface area contributed by atoms with Crippen LogP contribution in [0, 0.1) is 19.3 Å². The first-order chi connectivity index (χ1) is 12.8. The summed E-state index contributed by atoms with van der Waals surface area (Å²) in [6, 6.07) is 14.6. The van der Waals surface area contributed by atoms with E-state index in [1.54, 1.807) is 0 Å². The Hall–Kier alpha value is -2.68. The maximum atomic E-state index is 13.0. The summed E-state index contributed by atoms with van der Waals surface area (Å²) >= 11 is 0. The van der Waals surface area contributed by atoms with Gasteiger partial charge in [0.25, 0.3) is 0 Å². The highest BCUT2D eigenvalue weighted by molar-refractivity contribution is 6.10. The molecule has 1 aliphatic rings. The van der Waals surface area contributed by atoms with Gasteiger partial charge in [-0.2, -0.15) is 0 Å². The lowest BCUT2D eigenvalue weighted by molar-refractivity contribution is 0.0911. The molecule has 0 unspecified atom stereocenters. The number of rotatable bonds is 3. The number of hydrogen-bond acceptors (Lipinski definition) is 3. The van der Waals surface area contributed by atoms with Crippen molar-refractivity contribution in [2.24, 2.45) is 5.41 Å². The minimum absolute atomic E-state index is 0.0373. The van der Waals surface area contributed by atoms with Gasteiger partial charge in [0, 0.05) is 18.4 Å². The Morgan fingerprint density at radius 1 is 1.07 bits per heavy atom. The third-order valence-electron chi connectivity index (χ3n) is 5.49. The standard InChI is InChI=1S/C24H26N2O/c1-15-9-10-17(16(2)11-15)14-25-23-18-7-5-6-8-19(18)26-20-12-24(3,4)13-21(27)22(20)23/h5-11H,12-14H2,1-4H3,(H,25,26). The van der Waals surface area contributed by atoms with E-state index in [1.807, 2.05) is 18.2 Å². The van der Waals surface area contributed by atoms with Crippen molar-refractivity contribution >= 4 is 22.4 Å². The van der Waals surface area contributed by atoms with Crippen LogP contribution in [0.1, 0.15) is 53.0 Å². The van der Waals surface area contributed by atoms with E-state index in [0.717, 1.165) is 34.3 Å². The van der Waals surface area contributed by atoms with Crippen molar-refractivity contribution in [3.05, 3.63) is 70.4 Å². The lowest BCUT2D eigenvalue weighted by Crippen LogP contribution is -2.29. The van der Waals surface area contributed by atoms with Crippen molar-refractivity contribution < 1.29 is 4.79 Å². The molecule has 0 bridgehead atoms. The Kier molecular flexibility index (Phi) is 4.26. The van der Waals surface area contributed by atoms with Crippen molar-refractivity contribution in [2.75, 3.05) is 5.32 Å². The first-order valence-electron chi connectivity index (χ1n) is 9.59. The number of nitrogens with one attached hydrogen (secondary N) is 1. The number of aryl methyl sites for hydroxylation is 2. The number of para-hydroxylation sites is 1. The van der Waals surface area contributed by atoms with Crippen LogP contribution < -0.4 is 5.32 Å². The fourth-order valence-electron chi connectivity index (χ4n) is 4.14. The predicted octanol–water partition coefficient (Wildman–Crippen LogP) is 5.62. The molecule has 0 atom stereocenters. The highest BCUT2D eigenvalue weighted by Crippen LogP contribution is 2.39. The zero-order valence-electron chi connectivity index (χ0n) is 16.5. The molecule has 1 heterocycles. The Balaban J connectivity index is 1.81. The van der Waals surface area contributed by atoms with Gasteiger partial charge in [-0.25, -0.2) is 0 Å². The molecule has 2 aromatic carbocycles. The molecule has 0 spiro atoms. The van der Waals surface area contributed by atoms with E-state index >= 15 is 0 Å².